The summed E-state index contributed by atoms with van der Waals surface area (Å²) in [4.78, 5) is 16.1. The van der Waals surface area contributed by atoms with Crippen molar-refractivity contribution in [1.29, 1.82) is 0 Å². The van der Waals surface area contributed by atoms with Gasteiger partial charge in [0.2, 0.25) is 0 Å². The predicted molar refractivity (Wildman–Crippen MR) is 88.2 cm³/mol. The van der Waals surface area contributed by atoms with E-state index in [0.29, 0.717) is 15.9 Å². The zero-order valence-corrected chi connectivity index (χ0v) is 13.9. The van der Waals surface area contributed by atoms with Gasteiger partial charge >= 0.3 is 5.97 Å². The van der Waals surface area contributed by atoms with Crippen molar-refractivity contribution in [2.45, 2.75) is 4.90 Å². The lowest BCUT2D eigenvalue weighted by atomic mass is 10.2. The second-order valence-electron chi connectivity index (χ2n) is 4.74. The molecule has 2 aromatic heterocycles. The summed E-state index contributed by atoms with van der Waals surface area (Å²) in [5.74, 6) is -1.80. The molecule has 0 aliphatic rings. The molecule has 0 saturated carbocycles. The molecule has 0 amide bonds. The van der Waals surface area contributed by atoms with Gasteiger partial charge in [-0.1, -0.05) is 0 Å². The molecule has 0 saturated heterocycles. The number of carbonyl (C=O) groups excluding carboxylic acids is 1. The van der Waals surface area contributed by atoms with Crippen LogP contribution in [0.5, 0.6) is 0 Å². The topological polar surface area (TPSA) is 85.4 Å². The maximum Gasteiger partial charge on any atom is 0.340 e. The van der Waals surface area contributed by atoms with Crippen LogP contribution in [0.2, 0.25) is 0 Å². The number of carbonyl (C=O) groups is 1. The molecule has 2 heterocycles. The van der Waals surface area contributed by atoms with E-state index < -0.39 is 27.4 Å². The third-order valence-electron chi connectivity index (χ3n) is 3.25. The van der Waals surface area contributed by atoms with Crippen molar-refractivity contribution in [3.63, 3.8) is 0 Å². The number of benzene rings is 1. The standard InChI is InChI=1S/C15H11FN2O4S2/c1-22-15(19)11-7-9(4-5-12(11)16)24(20,21)18-13-8-23-14-10(13)3-2-6-17-14/h2-8,18H,1H3. The van der Waals surface area contributed by atoms with Gasteiger partial charge in [-0.25, -0.2) is 22.6 Å². The number of rotatable bonds is 4. The second-order valence-corrected chi connectivity index (χ2v) is 7.28. The summed E-state index contributed by atoms with van der Waals surface area (Å²) in [6.45, 7) is 0. The number of hydrogen-bond acceptors (Lipinski definition) is 6. The molecule has 3 rings (SSSR count). The summed E-state index contributed by atoms with van der Waals surface area (Å²) < 4.78 is 45.6. The van der Waals surface area contributed by atoms with E-state index in [2.05, 4.69) is 14.4 Å². The van der Waals surface area contributed by atoms with E-state index >= 15 is 0 Å². The molecule has 1 aromatic carbocycles. The monoisotopic (exact) mass is 366 g/mol. The van der Waals surface area contributed by atoms with Gasteiger partial charge < -0.3 is 4.74 Å². The first-order valence-corrected chi connectivity index (χ1v) is 9.01. The Kier molecular flexibility index (Phi) is 4.20. The molecule has 0 fully saturated rings. The van der Waals surface area contributed by atoms with Crippen molar-refractivity contribution in [2.75, 3.05) is 11.8 Å². The number of sulfonamides is 1. The maximum atomic E-state index is 13.7. The van der Waals surface area contributed by atoms with Crippen LogP contribution in [0.4, 0.5) is 10.1 Å². The van der Waals surface area contributed by atoms with E-state index in [4.69, 9.17) is 0 Å². The minimum atomic E-state index is -4.00. The zero-order chi connectivity index (χ0) is 17.3. The van der Waals surface area contributed by atoms with Crippen molar-refractivity contribution >= 4 is 43.2 Å². The fraction of sp³-hybridized carbons (Fsp3) is 0.0667. The molecule has 0 bridgehead atoms. The highest BCUT2D eigenvalue weighted by molar-refractivity contribution is 7.92. The highest BCUT2D eigenvalue weighted by atomic mass is 32.2. The molecule has 0 spiro atoms. The van der Waals surface area contributed by atoms with Crippen LogP contribution in [-0.4, -0.2) is 26.5 Å². The lowest BCUT2D eigenvalue weighted by Gasteiger charge is -2.09. The molecular weight excluding hydrogens is 355 g/mol. The number of aromatic nitrogens is 1. The lowest BCUT2D eigenvalue weighted by molar-refractivity contribution is 0.0595. The number of anilines is 1. The quantitative estimate of drug-likeness (QED) is 0.718. The van der Waals surface area contributed by atoms with Crippen LogP contribution in [-0.2, 0) is 14.8 Å². The van der Waals surface area contributed by atoms with E-state index in [9.17, 15) is 17.6 Å². The van der Waals surface area contributed by atoms with Crippen LogP contribution in [0.15, 0.2) is 46.8 Å². The fourth-order valence-electron chi connectivity index (χ4n) is 2.09. The van der Waals surface area contributed by atoms with Crippen LogP contribution in [0.25, 0.3) is 10.2 Å². The van der Waals surface area contributed by atoms with Crippen molar-refractivity contribution in [3.8, 4) is 0 Å². The average molecular weight is 366 g/mol. The Morgan fingerprint density at radius 3 is 2.88 bits per heavy atom. The van der Waals surface area contributed by atoms with Crippen LogP contribution < -0.4 is 4.72 Å². The number of nitrogens with one attached hydrogen (secondary N) is 1. The van der Waals surface area contributed by atoms with Gasteiger partial charge in [-0.3, -0.25) is 4.72 Å². The summed E-state index contributed by atoms with van der Waals surface area (Å²) in [6.07, 6.45) is 1.61. The van der Waals surface area contributed by atoms with Crippen LogP contribution >= 0.6 is 11.3 Å². The normalized spacial score (nSPS) is 11.4. The highest BCUT2D eigenvalue weighted by Gasteiger charge is 2.21. The Balaban J connectivity index is 2.01. The molecule has 124 valence electrons. The molecule has 6 nitrogen and oxygen atoms in total. The molecule has 0 atom stereocenters. The summed E-state index contributed by atoms with van der Waals surface area (Å²) in [6, 6.07) is 6.36. The first kappa shape index (κ1) is 16.3. The Morgan fingerprint density at radius 2 is 2.12 bits per heavy atom. The average Bonchev–Trinajstić information content (AvgIpc) is 2.97. The van der Waals surface area contributed by atoms with Gasteiger partial charge in [0.25, 0.3) is 10.0 Å². The lowest BCUT2D eigenvalue weighted by Crippen LogP contribution is -2.14. The van der Waals surface area contributed by atoms with Gasteiger partial charge in [-0.05, 0) is 30.3 Å². The molecule has 1 N–H and O–H groups in total. The van der Waals surface area contributed by atoms with Crippen LogP contribution in [0, 0.1) is 5.82 Å². The number of thiophene rings is 1. The molecule has 0 radical (unpaired) electrons. The first-order chi connectivity index (χ1) is 11.4. The molecule has 9 heteroatoms. The first-order valence-electron chi connectivity index (χ1n) is 6.65. The van der Waals surface area contributed by atoms with E-state index in [1.54, 1.807) is 23.7 Å². The Morgan fingerprint density at radius 1 is 1.33 bits per heavy atom. The minimum absolute atomic E-state index is 0.243. The summed E-state index contributed by atoms with van der Waals surface area (Å²) in [7, 11) is -2.91. The number of fused-ring (bicyclic) bond motifs is 1. The van der Waals surface area contributed by atoms with Gasteiger partial charge in [0.05, 0.1) is 23.3 Å². The van der Waals surface area contributed by atoms with Gasteiger partial charge in [-0.15, -0.1) is 11.3 Å². The molecule has 3 aromatic rings. The Bertz CT molecular complexity index is 1030. The number of halogens is 1. The van der Waals surface area contributed by atoms with Gasteiger partial charge in [0.15, 0.2) is 0 Å². The summed E-state index contributed by atoms with van der Waals surface area (Å²) in [5, 5.41) is 2.28. The van der Waals surface area contributed by atoms with Crippen molar-refractivity contribution in [2.24, 2.45) is 0 Å². The second kappa shape index (κ2) is 6.17. The van der Waals surface area contributed by atoms with Gasteiger partial charge in [-0.2, -0.15) is 0 Å². The van der Waals surface area contributed by atoms with Crippen molar-refractivity contribution in [1.82, 2.24) is 4.98 Å². The number of hydrogen-bond donors (Lipinski definition) is 1. The van der Waals surface area contributed by atoms with E-state index in [1.807, 2.05) is 0 Å². The number of methoxy groups -OCH3 is 1. The number of esters is 1. The third kappa shape index (κ3) is 2.95. The summed E-state index contributed by atoms with van der Waals surface area (Å²) in [5.41, 5.74) is -0.0794. The molecular formula is C15H11FN2O4S2. The Hall–Kier alpha value is -2.52. The van der Waals surface area contributed by atoms with Gasteiger partial charge in [0.1, 0.15) is 10.6 Å². The number of pyridine rings is 1. The van der Waals surface area contributed by atoms with Crippen LogP contribution in [0.3, 0.4) is 0 Å². The number of ether oxygens (including phenoxy) is 1. The molecule has 0 aliphatic heterocycles. The largest absolute Gasteiger partial charge is 0.465 e. The van der Waals surface area contributed by atoms with Gasteiger partial charge in [0, 0.05) is 17.0 Å². The van der Waals surface area contributed by atoms with Crippen molar-refractivity contribution in [3.05, 3.63) is 53.3 Å². The zero-order valence-electron chi connectivity index (χ0n) is 12.3. The predicted octanol–water partition coefficient (Wildman–Crippen LogP) is 3.02. The third-order valence-corrected chi connectivity index (χ3v) is 5.51. The molecule has 24 heavy (non-hydrogen) atoms. The number of nitrogens with zero attached hydrogens (tertiary/aromatic N) is 1. The fourth-order valence-corrected chi connectivity index (χ4v) is 4.10. The van der Waals surface area contributed by atoms with Crippen molar-refractivity contribution < 1.29 is 22.3 Å². The van der Waals surface area contributed by atoms with E-state index in [1.165, 1.54) is 11.3 Å². The molecule has 0 unspecified atom stereocenters. The van der Waals surface area contributed by atoms with Crippen LogP contribution in [0.1, 0.15) is 10.4 Å². The SMILES string of the molecule is COC(=O)c1cc(S(=O)(=O)Nc2csc3ncccc23)ccc1F. The highest BCUT2D eigenvalue weighted by Crippen LogP contribution is 2.30. The van der Waals surface area contributed by atoms with E-state index in [-0.39, 0.29) is 4.90 Å². The van der Waals surface area contributed by atoms with E-state index in [0.717, 1.165) is 25.3 Å². The minimum Gasteiger partial charge on any atom is -0.465 e. The molecule has 0 aliphatic carbocycles. The maximum absolute atomic E-state index is 13.7. The summed E-state index contributed by atoms with van der Waals surface area (Å²) >= 11 is 1.29. The smallest absolute Gasteiger partial charge is 0.340 e. The Labute approximate surface area is 141 Å².